The van der Waals surface area contributed by atoms with Crippen LogP contribution < -0.4 is 10.2 Å². The molecular weight excluding hydrogens is 419 g/mol. The van der Waals surface area contributed by atoms with Gasteiger partial charge in [0.05, 0.1) is 18.3 Å². The molecule has 0 radical (unpaired) electrons. The number of carbonyl (C=O) groups is 1. The highest BCUT2D eigenvalue weighted by molar-refractivity contribution is 6.31. The molecule has 164 valence electrons. The van der Waals surface area contributed by atoms with Gasteiger partial charge < -0.3 is 14.2 Å². The lowest BCUT2D eigenvalue weighted by Crippen LogP contribution is -2.57. The number of nitrogens with zero attached hydrogens (tertiary/aromatic N) is 3. The second kappa shape index (κ2) is 8.40. The van der Waals surface area contributed by atoms with Gasteiger partial charge in [0.2, 0.25) is 5.72 Å². The van der Waals surface area contributed by atoms with Gasteiger partial charge in [-0.15, -0.1) is 0 Å². The maximum absolute atomic E-state index is 13.5. The number of hydrogen-bond donors (Lipinski definition) is 1. The normalized spacial score (nSPS) is 18.9. The fourth-order valence-corrected chi connectivity index (χ4v) is 4.23. The first-order valence-electron chi connectivity index (χ1n) is 10.5. The Morgan fingerprint density at radius 3 is 2.55 bits per heavy atom. The van der Waals surface area contributed by atoms with Crippen LogP contribution >= 0.6 is 11.6 Å². The van der Waals surface area contributed by atoms with Gasteiger partial charge in [-0.05, 0) is 49.4 Å². The van der Waals surface area contributed by atoms with Crippen molar-refractivity contribution >= 4 is 28.5 Å². The number of halogens is 2. The zero-order valence-corrected chi connectivity index (χ0v) is 18.6. The highest BCUT2D eigenvalue weighted by Gasteiger charge is 2.50. The van der Waals surface area contributed by atoms with Crippen LogP contribution in [0.5, 0.6) is 5.75 Å². The molecule has 1 fully saturated rings. The average Bonchev–Trinajstić information content (AvgIpc) is 3.25. The molecule has 0 spiro atoms. The summed E-state index contributed by atoms with van der Waals surface area (Å²) in [4.78, 5) is 14.7. The van der Waals surface area contributed by atoms with Crippen LogP contribution in [0.15, 0.2) is 48.7 Å². The van der Waals surface area contributed by atoms with Crippen LogP contribution in [-0.2, 0) is 0 Å². The molecular formula is C23H26ClFN4O2. The summed E-state index contributed by atoms with van der Waals surface area (Å²) in [7, 11) is 0. The van der Waals surface area contributed by atoms with Gasteiger partial charge in [-0.3, -0.25) is 0 Å². The SMILES string of the molecule is CCNN1C(=O)N(CC)CC1(CC)Oc1cn(-c2ccc(F)cc2)c2ccc(Cl)cc12. The predicted molar refractivity (Wildman–Crippen MR) is 120 cm³/mol. The smallest absolute Gasteiger partial charge is 0.338 e. The molecule has 1 aliphatic rings. The van der Waals surface area contributed by atoms with Gasteiger partial charge in [0, 0.05) is 35.6 Å². The summed E-state index contributed by atoms with van der Waals surface area (Å²) >= 11 is 6.30. The molecule has 3 aromatic rings. The third kappa shape index (κ3) is 3.72. The number of hydrogen-bond acceptors (Lipinski definition) is 3. The Kier molecular flexibility index (Phi) is 5.81. The summed E-state index contributed by atoms with van der Waals surface area (Å²) < 4.78 is 22.0. The minimum absolute atomic E-state index is 0.105. The van der Waals surface area contributed by atoms with Crippen molar-refractivity contribution in [2.75, 3.05) is 19.6 Å². The van der Waals surface area contributed by atoms with Gasteiger partial charge in [0.1, 0.15) is 11.6 Å². The number of amides is 2. The fourth-order valence-electron chi connectivity index (χ4n) is 4.06. The van der Waals surface area contributed by atoms with Crippen molar-refractivity contribution in [3.8, 4) is 11.4 Å². The predicted octanol–water partition coefficient (Wildman–Crippen LogP) is 5.19. The zero-order valence-electron chi connectivity index (χ0n) is 17.9. The number of hydrazine groups is 1. The van der Waals surface area contributed by atoms with Crippen molar-refractivity contribution < 1.29 is 13.9 Å². The molecule has 8 heteroatoms. The Labute approximate surface area is 186 Å². The standard InChI is InChI=1S/C23H26ClFN4O2/c1-4-23(15-27(6-3)22(30)29(23)26-5-2)31-21-14-28(18-10-8-17(25)9-11-18)20-12-7-16(24)13-19(20)21/h7-14,26H,4-6,15H2,1-3H3. The van der Waals surface area contributed by atoms with E-state index < -0.39 is 5.72 Å². The van der Waals surface area contributed by atoms with Crippen molar-refractivity contribution in [2.24, 2.45) is 0 Å². The first-order chi connectivity index (χ1) is 14.9. The number of carbonyl (C=O) groups excluding carboxylic acids is 1. The van der Waals surface area contributed by atoms with E-state index in [1.807, 2.05) is 49.7 Å². The van der Waals surface area contributed by atoms with Crippen LogP contribution in [-0.4, -0.2) is 45.9 Å². The molecule has 0 aliphatic carbocycles. The van der Waals surface area contributed by atoms with Gasteiger partial charge in [0.15, 0.2) is 0 Å². The second-order valence-corrected chi connectivity index (χ2v) is 7.98. The van der Waals surface area contributed by atoms with Gasteiger partial charge in [-0.2, -0.15) is 0 Å². The topological polar surface area (TPSA) is 49.7 Å². The molecule has 1 saturated heterocycles. The Morgan fingerprint density at radius 1 is 1.16 bits per heavy atom. The largest absolute Gasteiger partial charge is 0.462 e. The number of urea groups is 1. The maximum atomic E-state index is 13.5. The van der Waals surface area contributed by atoms with E-state index in [9.17, 15) is 9.18 Å². The molecule has 6 nitrogen and oxygen atoms in total. The van der Waals surface area contributed by atoms with E-state index >= 15 is 0 Å². The van der Waals surface area contributed by atoms with Crippen LogP contribution in [0, 0.1) is 5.82 Å². The number of aromatic nitrogens is 1. The van der Waals surface area contributed by atoms with E-state index in [1.165, 1.54) is 12.1 Å². The van der Waals surface area contributed by atoms with Gasteiger partial charge in [-0.1, -0.05) is 25.4 Å². The number of likely N-dealkylation sites (N-methyl/N-ethyl adjacent to an activating group) is 1. The van der Waals surface area contributed by atoms with Crippen LogP contribution in [0.3, 0.4) is 0 Å². The summed E-state index contributed by atoms with van der Waals surface area (Å²) in [5.41, 5.74) is 3.98. The van der Waals surface area contributed by atoms with Gasteiger partial charge in [0.25, 0.3) is 0 Å². The Hall–Kier alpha value is -2.77. The average molecular weight is 445 g/mol. The summed E-state index contributed by atoms with van der Waals surface area (Å²) in [6.45, 7) is 7.53. The third-order valence-corrected chi connectivity index (χ3v) is 5.93. The first-order valence-corrected chi connectivity index (χ1v) is 10.9. The molecule has 2 amide bonds. The van der Waals surface area contributed by atoms with Crippen molar-refractivity contribution in [1.82, 2.24) is 19.9 Å². The van der Waals surface area contributed by atoms with E-state index in [1.54, 1.807) is 22.0 Å². The zero-order chi connectivity index (χ0) is 22.2. The number of benzene rings is 2. The monoisotopic (exact) mass is 444 g/mol. The lowest BCUT2D eigenvalue weighted by molar-refractivity contribution is -0.0581. The van der Waals surface area contributed by atoms with Crippen LogP contribution in [0.2, 0.25) is 5.02 Å². The molecule has 1 unspecified atom stereocenters. The second-order valence-electron chi connectivity index (χ2n) is 7.55. The summed E-state index contributed by atoms with van der Waals surface area (Å²) in [6, 6.07) is 11.7. The van der Waals surface area contributed by atoms with Crippen LogP contribution in [0.4, 0.5) is 9.18 Å². The maximum Gasteiger partial charge on any atom is 0.338 e. The minimum atomic E-state index is -0.868. The van der Waals surface area contributed by atoms with Crippen molar-refractivity contribution in [3.05, 3.63) is 59.5 Å². The Morgan fingerprint density at radius 2 is 1.90 bits per heavy atom. The molecule has 2 aromatic carbocycles. The quantitative estimate of drug-likeness (QED) is 0.545. The number of nitrogens with one attached hydrogen (secondary N) is 1. The molecule has 1 aromatic heterocycles. The Balaban J connectivity index is 1.82. The summed E-state index contributed by atoms with van der Waals surface area (Å²) in [5, 5.41) is 3.01. The van der Waals surface area contributed by atoms with Gasteiger partial charge in [-0.25, -0.2) is 19.6 Å². The molecule has 0 bridgehead atoms. The fraction of sp³-hybridized carbons (Fsp3) is 0.348. The Bertz CT molecular complexity index is 1100. The minimum Gasteiger partial charge on any atom is -0.462 e. The molecule has 1 atom stereocenters. The summed E-state index contributed by atoms with van der Waals surface area (Å²) in [6.07, 6.45) is 2.46. The van der Waals surface area contributed by atoms with E-state index in [2.05, 4.69) is 5.43 Å². The number of fused-ring (bicyclic) bond motifs is 1. The third-order valence-electron chi connectivity index (χ3n) is 5.69. The molecule has 1 aliphatic heterocycles. The highest BCUT2D eigenvalue weighted by Crippen LogP contribution is 2.38. The van der Waals surface area contributed by atoms with E-state index in [0.29, 0.717) is 36.8 Å². The van der Waals surface area contributed by atoms with Crippen molar-refractivity contribution in [3.63, 3.8) is 0 Å². The van der Waals surface area contributed by atoms with E-state index in [-0.39, 0.29) is 11.8 Å². The van der Waals surface area contributed by atoms with Crippen LogP contribution in [0.25, 0.3) is 16.6 Å². The van der Waals surface area contributed by atoms with Crippen LogP contribution in [0.1, 0.15) is 27.2 Å². The highest BCUT2D eigenvalue weighted by atomic mass is 35.5. The van der Waals surface area contributed by atoms with Crippen molar-refractivity contribution in [1.29, 1.82) is 0 Å². The molecule has 2 heterocycles. The molecule has 0 saturated carbocycles. The van der Waals surface area contributed by atoms with Crippen molar-refractivity contribution in [2.45, 2.75) is 32.9 Å². The lowest BCUT2D eigenvalue weighted by atomic mass is 10.1. The van der Waals surface area contributed by atoms with E-state index in [0.717, 1.165) is 16.6 Å². The number of ether oxygens (including phenoxy) is 1. The first kappa shape index (κ1) is 21.5. The molecule has 4 rings (SSSR count). The van der Waals surface area contributed by atoms with E-state index in [4.69, 9.17) is 16.3 Å². The molecule has 31 heavy (non-hydrogen) atoms. The lowest BCUT2D eigenvalue weighted by Gasteiger charge is -2.36. The summed E-state index contributed by atoms with van der Waals surface area (Å²) in [5.74, 6) is 0.312. The number of rotatable bonds is 7. The molecule has 1 N–H and O–H groups in total. The van der Waals surface area contributed by atoms with Gasteiger partial charge >= 0.3 is 6.03 Å².